The summed E-state index contributed by atoms with van der Waals surface area (Å²) >= 11 is 0. The monoisotopic (exact) mass is 415 g/mol. The summed E-state index contributed by atoms with van der Waals surface area (Å²) in [6, 6.07) is -0.814. The molecule has 13 heteroatoms. The van der Waals surface area contributed by atoms with E-state index in [1.54, 1.807) is 0 Å². The molecule has 0 aliphatic carbocycles. The van der Waals surface area contributed by atoms with E-state index in [9.17, 15) is 40.9 Å². The lowest BCUT2D eigenvalue weighted by Gasteiger charge is -2.41. The van der Waals surface area contributed by atoms with Gasteiger partial charge in [0.2, 0.25) is 0 Å². The number of aliphatic hydroxyl groups is 8. The van der Waals surface area contributed by atoms with E-state index in [0.717, 1.165) is 0 Å². The van der Waals surface area contributed by atoms with E-state index >= 15 is 0 Å². The molecule has 0 spiro atoms. The van der Waals surface area contributed by atoms with Gasteiger partial charge >= 0.3 is 0 Å². The first kappa shape index (κ1) is 23.8. The Morgan fingerprint density at radius 3 is 1.36 bits per heavy atom. The minimum Gasteiger partial charge on any atom is -0.394 e. The summed E-state index contributed by atoms with van der Waals surface area (Å²) in [5, 5.41) is 76.7. The molecule has 0 bridgehead atoms. The first-order valence-corrected chi connectivity index (χ1v) is 8.81. The van der Waals surface area contributed by atoms with E-state index in [2.05, 4.69) is 0 Å². The van der Waals surface area contributed by atoms with E-state index in [1.165, 1.54) is 0 Å². The Hall–Kier alpha value is -0.520. The Morgan fingerprint density at radius 2 is 1.04 bits per heavy atom. The minimum atomic E-state index is -1.67. The third kappa shape index (κ3) is 5.34. The number of nitrogens with two attached hydrogens (primary N) is 1. The highest BCUT2D eigenvalue weighted by atomic mass is 16.7. The van der Waals surface area contributed by atoms with Crippen LogP contribution < -0.4 is 5.73 Å². The smallest absolute Gasteiger partial charge is 0.184 e. The molecule has 0 aromatic carbocycles. The van der Waals surface area contributed by atoms with Crippen LogP contribution in [0.3, 0.4) is 0 Å². The summed E-state index contributed by atoms with van der Waals surface area (Å²) in [4.78, 5) is 0. The summed E-state index contributed by atoms with van der Waals surface area (Å²) in [6.45, 7) is -1.60. The van der Waals surface area contributed by atoms with Crippen molar-refractivity contribution in [3.8, 4) is 0 Å². The van der Waals surface area contributed by atoms with Crippen LogP contribution in [0, 0.1) is 0 Å². The SMILES string of the molecule is NC(COC1C(CO)OC(O)C(O)C1O)COC1C(CO)OC(O)C(O)C1O. The van der Waals surface area contributed by atoms with Crippen molar-refractivity contribution in [2.45, 2.75) is 67.5 Å². The van der Waals surface area contributed by atoms with Crippen molar-refractivity contribution >= 4 is 0 Å². The molecular formula is C15H29NO12. The summed E-state index contributed by atoms with van der Waals surface area (Å²) in [5.74, 6) is 0. The van der Waals surface area contributed by atoms with Gasteiger partial charge in [0.05, 0.1) is 32.5 Å². The summed E-state index contributed by atoms with van der Waals surface area (Å²) in [5.41, 5.74) is 5.85. The van der Waals surface area contributed by atoms with Crippen molar-refractivity contribution in [2.24, 2.45) is 5.73 Å². The molecular weight excluding hydrogens is 386 g/mol. The van der Waals surface area contributed by atoms with Crippen molar-refractivity contribution in [1.29, 1.82) is 0 Å². The van der Waals surface area contributed by atoms with Gasteiger partial charge in [0, 0.05) is 0 Å². The van der Waals surface area contributed by atoms with Crippen molar-refractivity contribution in [2.75, 3.05) is 26.4 Å². The molecule has 0 saturated carbocycles. The lowest BCUT2D eigenvalue weighted by atomic mass is 9.99. The third-order valence-electron chi connectivity index (χ3n) is 4.68. The molecule has 166 valence electrons. The van der Waals surface area contributed by atoms with Crippen molar-refractivity contribution in [3.63, 3.8) is 0 Å². The van der Waals surface area contributed by atoms with Crippen LogP contribution in [-0.2, 0) is 18.9 Å². The Bertz CT molecular complexity index is 428. The minimum absolute atomic E-state index is 0.219. The maximum absolute atomic E-state index is 9.98. The lowest BCUT2D eigenvalue weighted by Crippen LogP contribution is -2.60. The summed E-state index contributed by atoms with van der Waals surface area (Å²) < 4.78 is 20.7. The molecule has 2 saturated heterocycles. The predicted molar refractivity (Wildman–Crippen MR) is 87.4 cm³/mol. The first-order chi connectivity index (χ1) is 13.2. The quantitative estimate of drug-likeness (QED) is 0.180. The zero-order valence-corrected chi connectivity index (χ0v) is 15.0. The van der Waals surface area contributed by atoms with Gasteiger partial charge < -0.3 is 65.5 Å². The average Bonchev–Trinajstić information content (AvgIpc) is 2.68. The highest BCUT2D eigenvalue weighted by Gasteiger charge is 2.46. The maximum Gasteiger partial charge on any atom is 0.184 e. The third-order valence-corrected chi connectivity index (χ3v) is 4.68. The molecule has 2 aliphatic heterocycles. The number of hydrogen-bond acceptors (Lipinski definition) is 13. The highest BCUT2D eigenvalue weighted by molar-refractivity contribution is 4.91. The number of hydrogen-bond donors (Lipinski definition) is 9. The van der Waals surface area contributed by atoms with Gasteiger partial charge in [-0.3, -0.25) is 0 Å². The van der Waals surface area contributed by atoms with Crippen LogP contribution in [0.2, 0.25) is 0 Å². The van der Waals surface area contributed by atoms with Gasteiger partial charge in [-0.25, -0.2) is 0 Å². The standard InChI is InChI=1S/C15H29NO12/c16-5(3-25-12-6(1-17)27-14(23)10(21)8(12)19)4-26-13-7(2-18)28-15(24)11(22)9(13)20/h5-15,17-24H,1-4,16H2. The van der Waals surface area contributed by atoms with E-state index in [4.69, 9.17) is 24.7 Å². The van der Waals surface area contributed by atoms with E-state index < -0.39 is 80.7 Å². The van der Waals surface area contributed by atoms with Gasteiger partial charge in [-0.1, -0.05) is 0 Å². The molecule has 2 aliphatic rings. The molecule has 10 unspecified atom stereocenters. The average molecular weight is 415 g/mol. The first-order valence-electron chi connectivity index (χ1n) is 8.81. The second-order valence-electron chi connectivity index (χ2n) is 6.81. The van der Waals surface area contributed by atoms with Gasteiger partial charge in [0.25, 0.3) is 0 Å². The Balaban J connectivity index is 1.85. The largest absolute Gasteiger partial charge is 0.394 e. The van der Waals surface area contributed by atoms with Crippen LogP contribution in [0.4, 0.5) is 0 Å². The predicted octanol–water partition coefficient (Wildman–Crippen LogP) is -6.05. The fourth-order valence-electron chi connectivity index (χ4n) is 3.06. The van der Waals surface area contributed by atoms with Crippen LogP contribution in [0.1, 0.15) is 0 Å². The zero-order valence-electron chi connectivity index (χ0n) is 15.0. The molecule has 28 heavy (non-hydrogen) atoms. The van der Waals surface area contributed by atoms with Crippen LogP contribution in [0.25, 0.3) is 0 Å². The molecule has 13 nitrogen and oxygen atoms in total. The van der Waals surface area contributed by atoms with Crippen molar-refractivity contribution in [1.82, 2.24) is 0 Å². The van der Waals surface area contributed by atoms with Gasteiger partial charge in [-0.15, -0.1) is 0 Å². The molecule has 2 rings (SSSR count). The van der Waals surface area contributed by atoms with Crippen molar-refractivity contribution in [3.05, 3.63) is 0 Å². The number of rotatable bonds is 8. The Kier molecular flexibility index (Phi) is 8.90. The molecule has 0 amide bonds. The van der Waals surface area contributed by atoms with Crippen LogP contribution in [0.5, 0.6) is 0 Å². The van der Waals surface area contributed by atoms with Crippen LogP contribution in [-0.4, -0.2) is 135 Å². The van der Waals surface area contributed by atoms with Crippen LogP contribution in [0.15, 0.2) is 0 Å². The molecule has 2 heterocycles. The molecule has 10 atom stereocenters. The van der Waals surface area contributed by atoms with E-state index in [0.29, 0.717) is 0 Å². The van der Waals surface area contributed by atoms with Gasteiger partial charge in [0.1, 0.15) is 48.8 Å². The highest BCUT2D eigenvalue weighted by Crippen LogP contribution is 2.24. The molecule has 2 fully saturated rings. The molecule has 10 N–H and O–H groups in total. The second kappa shape index (κ2) is 10.5. The number of ether oxygens (including phenoxy) is 4. The fraction of sp³-hybridized carbons (Fsp3) is 1.00. The second-order valence-corrected chi connectivity index (χ2v) is 6.81. The molecule has 0 radical (unpaired) electrons. The van der Waals surface area contributed by atoms with Gasteiger partial charge in [0.15, 0.2) is 12.6 Å². The lowest BCUT2D eigenvalue weighted by molar-refractivity contribution is -0.298. The normalized spacial score (nSPS) is 45.8. The summed E-state index contributed by atoms with van der Waals surface area (Å²) in [6.07, 6.45) is -14.2. The maximum atomic E-state index is 9.98. The topological polar surface area (TPSA) is 225 Å². The van der Waals surface area contributed by atoms with Crippen molar-refractivity contribution < 1.29 is 59.8 Å². The Morgan fingerprint density at radius 1 is 0.679 bits per heavy atom. The van der Waals surface area contributed by atoms with Gasteiger partial charge in [-0.05, 0) is 0 Å². The summed E-state index contributed by atoms with van der Waals surface area (Å²) in [7, 11) is 0. The van der Waals surface area contributed by atoms with Crippen LogP contribution >= 0.6 is 0 Å². The molecule has 0 aromatic heterocycles. The molecule has 0 aromatic rings. The Labute approximate surface area is 160 Å². The van der Waals surface area contributed by atoms with E-state index in [1.807, 2.05) is 0 Å². The zero-order chi connectivity index (χ0) is 21.0. The number of aliphatic hydroxyl groups excluding tert-OH is 8. The van der Waals surface area contributed by atoms with Gasteiger partial charge in [-0.2, -0.15) is 0 Å². The fourth-order valence-corrected chi connectivity index (χ4v) is 3.06. The van der Waals surface area contributed by atoms with E-state index in [-0.39, 0.29) is 13.2 Å².